The summed E-state index contributed by atoms with van der Waals surface area (Å²) in [5.74, 6) is 0.348. The normalized spacial score (nSPS) is 12.5. The summed E-state index contributed by atoms with van der Waals surface area (Å²) in [4.78, 5) is 33.9. The van der Waals surface area contributed by atoms with Crippen molar-refractivity contribution < 1.29 is 0 Å². The van der Waals surface area contributed by atoms with E-state index in [1.165, 1.54) is 17.2 Å². The molecule has 30 heavy (non-hydrogen) atoms. The standard InChI is InChI=1S/C20H12Cl2N6OS/c21-10-3-1-4-11(7-10)28-19(27-14-12(20(28)29)5-2-6-13(14)22)17(30)15-16-18(25-8-23-15)26-9-24-16/h1-9,17,30H,(H,23,24,25,26). The molecule has 7 nitrogen and oxygen atoms in total. The van der Waals surface area contributed by atoms with Crippen molar-refractivity contribution in [3.63, 3.8) is 0 Å². The molecule has 3 heterocycles. The molecule has 0 amide bonds. The summed E-state index contributed by atoms with van der Waals surface area (Å²) in [5, 5.41) is 0.577. The molecule has 10 heteroatoms. The summed E-state index contributed by atoms with van der Waals surface area (Å²) in [7, 11) is 0. The van der Waals surface area contributed by atoms with Crippen LogP contribution in [0.3, 0.4) is 0 Å². The summed E-state index contributed by atoms with van der Waals surface area (Å²) >= 11 is 17.3. The van der Waals surface area contributed by atoms with Gasteiger partial charge in [-0.3, -0.25) is 9.36 Å². The zero-order valence-electron chi connectivity index (χ0n) is 15.1. The van der Waals surface area contributed by atoms with Gasteiger partial charge >= 0.3 is 0 Å². The summed E-state index contributed by atoms with van der Waals surface area (Å²) in [6.07, 6.45) is 2.93. The van der Waals surface area contributed by atoms with E-state index in [4.69, 9.17) is 40.8 Å². The molecule has 148 valence electrons. The maximum absolute atomic E-state index is 13.5. The molecule has 0 bridgehead atoms. The minimum absolute atomic E-state index is 0.284. The Bertz CT molecular complexity index is 1480. The van der Waals surface area contributed by atoms with Crippen LogP contribution in [0.1, 0.15) is 16.8 Å². The lowest BCUT2D eigenvalue weighted by Gasteiger charge is -2.18. The zero-order chi connectivity index (χ0) is 20.8. The number of aromatic nitrogens is 6. The van der Waals surface area contributed by atoms with Crippen molar-refractivity contribution in [2.24, 2.45) is 0 Å². The molecule has 0 saturated heterocycles. The van der Waals surface area contributed by atoms with Crippen LogP contribution in [0.15, 0.2) is 59.9 Å². The lowest BCUT2D eigenvalue weighted by Crippen LogP contribution is -2.25. The fourth-order valence-electron chi connectivity index (χ4n) is 3.35. The van der Waals surface area contributed by atoms with Gasteiger partial charge in [-0.2, -0.15) is 12.6 Å². The Morgan fingerprint density at radius 1 is 1.07 bits per heavy atom. The average Bonchev–Trinajstić information content (AvgIpc) is 3.23. The Morgan fingerprint density at radius 2 is 1.90 bits per heavy atom. The molecule has 0 saturated carbocycles. The molecule has 0 radical (unpaired) electrons. The topological polar surface area (TPSA) is 89.3 Å². The minimum atomic E-state index is -0.677. The van der Waals surface area contributed by atoms with E-state index in [0.29, 0.717) is 49.3 Å². The smallest absolute Gasteiger partial charge is 0.266 e. The van der Waals surface area contributed by atoms with Gasteiger partial charge in [-0.1, -0.05) is 35.3 Å². The van der Waals surface area contributed by atoms with Crippen LogP contribution in [-0.4, -0.2) is 29.5 Å². The average molecular weight is 455 g/mol. The first kappa shape index (κ1) is 19.0. The van der Waals surface area contributed by atoms with Crippen LogP contribution in [0.4, 0.5) is 0 Å². The first-order valence-corrected chi connectivity index (χ1v) is 10.1. The Kier molecular flexibility index (Phi) is 4.69. The maximum atomic E-state index is 13.5. The van der Waals surface area contributed by atoms with Gasteiger partial charge in [0.25, 0.3) is 5.56 Å². The molecule has 2 aromatic carbocycles. The van der Waals surface area contributed by atoms with E-state index in [9.17, 15) is 4.79 Å². The molecule has 0 spiro atoms. The third-order valence-electron chi connectivity index (χ3n) is 4.70. The van der Waals surface area contributed by atoms with E-state index in [1.54, 1.807) is 42.5 Å². The van der Waals surface area contributed by atoms with E-state index in [0.717, 1.165) is 0 Å². The van der Waals surface area contributed by atoms with E-state index >= 15 is 0 Å². The number of para-hydroxylation sites is 1. The number of halogens is 2. The fourth-order valence-corrected chi connectivity index (χ4v) is 4.12. The Balaban J connectivity index is 1.86. The SMILES string of the molecule is O=c1c2cccc(Cl)c2nc(C(S)c2ncnc3nc[nH]c23)n1-c1cccc(Cl)c1. The van der Waals surface area contributed by atoms with Gasteiger partial charge in [0.1, 0.15) is 22.9 Å². The van der Waals surface area contributed by atoms with Gasteiger partial charge in [0.15, 0.2) is 5.65 Å². The number of thiol groups is 1. The first-order chi connectivity index (χ1) is 14.5. The highest BCUT2D eigenvalue weighted by molar-refractivity contribution is 7.80. The number of hydrogen-bond donors (Lipinski definition) is 2. The number of rotatable bonds is 3. The molecular formula is C20H12Cl2N6OS. The Morgan fingerprint density at radius 3 is 2.73 bits per heavy atom. The molecule has 3 aromatic heterocycles. The van der Waals surface area contributed by atoms with E-state index in [2.05, 4.69) is 19.9 Å². The molecule has 1 atom stereocenters. The lowest BCUT2D eigenvalue weighted by molar-refractivity contribution is 0.829. The molecule has 0 aliphatic heterocycles. The van der Waals surface area contributed by atoms with Gasteiger partial charge in [0.05, 0.1) is 33.6 Å². The number of nitrogens with one attached hydrogen (secondary N) is 1. The number of nitrogens with zero attached hydrogens (tertiary/aromatic N) is 5. The summed E-state index contributed by atoms with van der Waals surface area (Å²) < 4.78 is 1.48. The lowest BCUT2D eigenvalue weighted by atomic mass is 10.2. The van der Waals surface area contributed by atoms with Crippen LogP contribution >= 0.6 is 35.8 Å². The van der Waals surface area contributed by atoms with Crippen molar-refractivity contribution in [2.75, 3.05) is 0 Å². The predicted octanol–water partition coefficient (Wildman–Crippen LogP) is 4.38. The number of imidazole rings is 1. The highest BCUT2D eigenvalue weighted by atomic mass is 35.5. The number of fused-ring (bicyclic) bond motifs is 2. The molecule has 1 unspecified atom stereocenters. The largest absolute Gasteiger partial charge is 0.342 e. The molecular weight excluding hydrogens is 443 g/mol. The quantitative estimate of drug-likeness (QED) is 0.394. The van der Waals surface area contributed by atoms with Crippen molar-refractivity contribution in [3.05, 3.63) is 87.0 Å². The van der Waals surface area contributed by atoms with Gasteiger partial charge < -0.3 is 4.98 Å². The molecule has 0 fully saturated rings. The van der Waals surface area contributed by atoms with Crippen molar-refractivity contribution in [1.29, 1.82) is 0 Å². The van der Waals surface area contributed by atoms with Gasteiger partial charge in [-0.15, -0.1) is 0 Å². The predicted molar refractivity (Wildman–Crippen MR) is 120 cm³/mol. The minimum Gasteiger partial charge on any atom is -0.342 e. The van der Waals surface area contributed by atoms with Gasteiger partial charge in [-0.05, 0) is 30.3 Å². The highest BCUT2D eigenvalue weighted by Crippen LogP contribution is 2.32. The van der Waals surface area contributed by atoms with Crippen molar-refractivity contribution in [3.8, 4) is 5.69 Å². The molecule has 1 N–H and O–H groups in total. The van der Waals surface area contributed by atoms with Crippen LogP contribution in [0.5, 0.6) is 0 Å². The zero-order valence-corrected chi connectivity index (χ0v) is 17.5. The maximum Gasteiger partial charge on any atom is 0.266 e. The molecule has 0 aliphatic rings. The number of hydrogen-bond acceptors (Lipinski definition) is 6. The number of H-pyrrole nitrogens is 1. The number of benzene rings is 2. The van der Waals surface area contributed by atoms with Crippen molar-refractivity contribution in [1.82, 2.24) is 29.5 Å². The van der Waals surface area contributed by atoms with Gasteiger partial charge in [-0.25, -0.2) is 19.9 Å². The van der Waals surface area contributed by atoms with Gasteiger partial charge in [0.2, 0.25) is 0 Å². The summed E-state index contributed by atoms with van der Waals surface area (Å²) in [5.41, 5.74) is 2.32. The van der Waals surface area contributed by atoms with Gasteiger partial charge in [0, 0.05) is 5.02 Å². The van der Waals surface area contributed by atoms with Crippen LogP contribution in [0, 0.1) is 0 Å². The third kappa shape index (κ3) is 3.04. The van der Waals surface area contributed by atoms with Crippen LogP contribution in [-0.2, 0) is 0 Å². The fraction of sp³-hybridized carbons (Fsp3) is 0.0500. The monoisotopic (exact) mass is 454 g/mol. The number of aromatic amines is 1. The first-order valence-electron chi connectivity index (χ1n) is 8.84. The van der Waals surface area contributed by atoms with E-state index in [1.807, 2.05) is 0 Å². The molecule has 5 rings (SSSR count). The second kappa shape index (κ2) is 7.39. The Labute approximate surface area is 185 Å². The van der Waals surface area contributed by atoms with E-state index < -0.39 is 5.25 Å². The van der Waals surface area contributed by atoms with Crippen molar-refractivity contribution in [2.45, 2.75) is 5.25 Å². The van der Waals surface area contributed by atoms with Crippen LogP contribution < -0.4 is 5.56 Å². The Hall–Kier alpha value is -2.94. The van der Waals surface area contributed by atoms with Crippen LogP contribution in [0.2, 0.25) is 10.0 Å². The third-order valence-corrected chi connectivity index (χ3v) is 5.71. The van der Waals surface area contributed by atoms with E-state index in [-0.39, 0.29) is 5.56 Å². The molecule has 5 aromatic rings. The van der Waals surface area contributed by atoms with Crippen molar-refractivity contribution >= 4 is 57.9 Å². The summed E-state index contributed by atoms with van der Waals surface area (Å²) in [6.45, 7) is 0. The highest BCUT2D eigenvalue weighted by Gasteiger charge is 2.24. The van der Waals surface area contributed by atoms with Crippen LogP contribution in [0.25, 0.3) is 27.8 Å². The molecule has 0 aliphatic carbocycles. The second-order valence-corrected chi connectivity index (χ2v) is 7.85. The second-order valence-electron chi connectivity index (χ2n) is 6.49. The summed E-state index contributed by atoms with van der Waals surface area (Å²) in [6, 6.07) is 12.1.